The van der Waals surface area contributed by atoms with Crippen LogP contribution in [0.4, 0.5) is 0 Å². The van der Waals surface area contributed by atoms with E-state index in [1.165, 1.54) is 0 Å². The fourth-order valence-corrected chi connectivity index (χ4v) is 3.18. The minimum atomic E-state index is -0.923. The van der Waals surface area contributed by atoms with Crippen molar-refractivity contribution < 1.29 is 9.21 Å². The van der Waals surface area contributed by atoms with Gasteiger partial charge in [-0.2, -0.15) is 0 Å². The first-order valence-corrected chi connectivity index (χ1v) is 7.76. The van der Waals surface area contributed by atoms with Gasteiger partial charge in [-0.25, -0.2) is 0 Å². The van der Waals surface area contributed by atoms with Gasteiger partial charge in [-0.1, -0.05) is 15.9 Å². The molecule has 1 fully saturated rings. The molecule has 21 heavy (non-hydrogen) atoms. The van der Waals surface area contributed by atoms with E-state index in [0.717, 1.165) is 41.6 Å². The number of hydrogen-bond donors (Lipinski definition) is 2. The van der Waals surface area contributed by atoms with Gasteiger partial charge in [-0.15, -0.1) is 0 Å². The maximum Gasteiger partial charge on any atom is 0.245 e. The van der Waals surface area contributed by atoms with Gasteiger partial charge in [-0.05, 0) is 31.2 Å². The van der Waals surface area contributed by atoms with E-state index in [2.05, 4.69) is 26.1 Å². The molecule has 1 aromatic heterocycles. The Bertz CT molecular complexity index is 679. The molecule has 0 spiro atoms. The predicted octanol–water partition coefficient (Wildman–Crippen LogP) is 1.80. The first-order valence-electron chi connectivity index (χ1n) is 6.97. The average Bonchev–Trinajstić information content (AvgIpc) is 2.90. The van der Waals surface area contributed by atoms with Crippen LogP contribution in [0.15, 0.2) is 33.2 Å². The Morgan fingerprint density at radius 3 is 2.76 bits per heavy atom. The van der Waals surface area contributed by atoms with Crippen molar-refractivity contribution in [3.05, 3.63) is 34.5 Å². The molecule has 1 aromatic carbocycles. The van der Waals surface area contributed by atoms with Gasteiger partial charge in [-0.3, -0.25) is 9.69 Å². The Morgan fingerprint density at radius 2 is 2.10 bits per heavy atom. The van der Waals surface area contributed by atoms with Gasteiger partial charge in [0.25, 0.3) is 0 Å². The third kappa shape index (κ3) is 2.47. The lowest BCUT2D eigenvalue weighted by atomic mass is 9.94. The van der Waals surface area contributed by atoms with Crippen molar-refractivity contribution in [1.82, 2.24) is 10.2 Å². The van der Waals surface area contributed by atoms with Gasteiger partial charge in [0, 0.05) is 36.0 Å². The number of carbonyl (C=O) groups excluding carboxylic acids is 1. The van der Waals surface area contributed by atoms with Crippen LogP contribution in [0.25, 0.3) is 11.0 Å². The minimum Gasteiger partial charge on any atom is -0.459 e. The highest BCUT2D eigenvalue weighted by atomic mass is 79.9. The molecule has 1 saturated heterocycles. The van der Waals surface area contributed by atoms with Crippen LogP contribution in [0.1, 0.15) is 12.7 Å². The van der Waals surface area contributed by atoms with Crippen molar-refractivity contribution in [1.29, 1.82) is 0 Å². The molecule has 0 radical (unpaired) electrons. The average molecular weight is 352 g/mol. The number of nitrogens with zero attached hydrogens (tertiary/aromatic N) is 1. The largest absolute Gasteiger partial charge is 0.459 e. The topological polar surface area (TPSA) is 71.5 Å². The molecule has 112 valence electrons. The van der Waals surface area contributed by atoms with E-state index >= 15 is 0 Å². The van der Waals surface area contributed by atoms with Crippen LogP contribution in [0.5, 0.6) is 0 Å². The van der Waals surface area contributed by atoms with Crippen molar-refractivity contribution in [3.63, 3.8) is 0 Å². The van der Waals surface area contributed by atoms with Gasteiger partial charge in [0.05, 0.1) is 0 Å². The summed E-state index contributed by atoms with van der Waals surface area (Å²) in [7, 11) is 0. The van der Waals surface area contributed by atoms with Crippen LogP contribution in [0, 0.1) is 0 Å². The third-order valence-corrected chi connectivity index (χ3v) is 4.68. The van der Waals surface area contributed by atoms with E-state index in [4.69, 9.17) is 10.2 Å². The highest BCUT2D eigenvalue weighted by molar-refractivity contribution is 9.10. The molecule has 3 rings (SSSR count). The highest BCUT2D eigenvalue weighted by Crippen LogP contribution is 2.34. The lowest BCUT2D eigenvalue weighted by Crippen LogP contribution is -2.58. The van der Waals surface area contributed by atoms with E-state index in [1.54, 1.807) is 0 Å². The molecular formula is C15H18BrN3O2. The van der Waals surface area contributed by atoms with Crippen LogP contribution in [-0.4, -0.2) is 37.0 Å². The Balaban J connectivity index is 2.07. The Hall–Kier alpha value is -1.37. The zero-order valence-corrected chi connectivity index (χ0v) is 13.4. The quantitative estimate of drug-likeness (QED) is 0.884. The van der Waals surface area contributed by atoms with E-state index in [0.29, 0.717) is 5.76 Å². The number of piperazine rings is 1. The molecule has 1 unspecified atom stereocenters. The summed E-state index contributed by atoms with van der Waals surface area (Å²) in [5, 5.41) is 4.24. The molecule has 0 aliphatic carbocycles. The molecule has 2 aromatic rings. The molecule has 1 aliphatic heterocycles. The molecule has 0 bridgehead atoms. The van der Waals surface area contributed by atoms with Crippen LogP contribution in [-0.2, 0) is 10.3 Å². The van der Waals surface area contributed by atoms with Gasteiger partial charge in [0.1, 0.15) is 11.3 Å². The zero-order valence-electron chi connectivity index (χ0n) is 11.9. The smallest absolute Gasteiger partial charge is 0.245 e. The summed E-state index contributed by atoms with van der Waals surface area (Å²) in [5.41, 5.74) is 5.55. The summed E-state index contributed by atoms with van der Waals surface area (Å²) >= 11 is 3.45. The SMILES string of the molecule is CC(C(N)=O)(c1cc2cc(Br)ccc2o1)N1CCNCC1. The molecule has 1 atom stereocenters. The molecule has 0 saturated carbocycles. The Morgan fingerprint density at radius 1 is 1.38 bits per heavy atom. The van der Waals surface area contributed by atoms with Crippen LogP contribution in [0.2, 0.25) is 0 Å². The lowest BCUT2D eigenvalue weighted by molar-refractivity contribution is -0.131. The predicted molar refractivity (Wildman–Crippen MR) is 84.9 cm³/mol. The van der Waals surface area contributed by atoms with Gasteiger partial charge in [0.15, 0.2) is 5.54 Å². The number of amides is 1. The molecule has 6 heteroatoms. The van der Waals surface area contributed by atoms with Gasteiger partial charge < -0.3 is 15.5 Å². The number of rotatable bonds is 3. The normalized spacial score (nSPS) is 19.5. The van der Waals surface area contributed by atoms with Crippen molar-refractivity contribution >= 4 is 32.8 Å². The number of carbonyl (C=O) groups is 1. The summed E-state index contributed by atoms with van der Waals surface area (Å²) in [5.74, 6) is 0.215. The molecule has 2 heterocycles. The van der Waals surface area contributed by atoms with E-state index in [9.17, 15) is 4.79 Å². The molecule has 1 aliphatic rings. The fourth-order valence-electron chi connectivity index (χ4n) is 2.80. The van der Waals surface area contributed by atoms with Gasteiger partial charge >= 0.3 is 0 Å². The minimum absolute atomic E-state index is 0.387. The summed E-state index contributed by atoms with van der Waals surface area (Å²) < 4.78 is 6.90. The second-order valence-corrected chi connectivity index (χ2v) is 6.38. The van der Waals surface area contributed by atoms with Crippen LogP contribution < -0.4 is 11.1 Å². The summed E-state index contributed by atoms with van der Waals surface area (Å²) in [4.78, 5) is 14.2. The third-order valence-electron chi connectivity index (χ3n) is 4.19. The zero-order chi connectivity index (χ0) is 15.0. The van der Waals surface area contributed by atoms with E-state index < -0.39 is 5.54 Å². The number of nitrogens with one attached hydrogen (secondary N) is 1. The second-order valence-electron chi connectivity index (χ2n) is 5.47. The number of benzene rings is 1. The van der Waals surface area contributed by atoms with Crippen molar-refractivity contribution in [2.24, 2.45) is 5.73 Å². The van der Waals surface area contributed by atoms with E-state index in [-0.39, 0.29) is 5.91 Å². The first kappa shape index (κ1) is 14.6. The Kier molecular flexibility index (Phi) is 3.77. The monoisotopic (exact) mass is 351 g/mol. The fraction of sp³-hybridized carbons (Fsp3) is 0.400. The summed E-state index contributed by atoms with van der Waals surface area (Å²) in [6.45, 7) is 5.05. The Labute approximate surface area is 131 Å². The molecular weight excluding hydrogens is 334 g/mol. The number of nitrogens with two attached hydrogens (primary N) is 1. The van der Waals surface area contributed by atoms with Gasteiger partial charge in [0.2, 0.25) is 5.91 Å². The number of halogens is 1. The van der Waals surface area contributed by atoms with Crippen LogP contribution in [0.3, 0.4) is 0 Å². The maximum absolute atomic E-state index is 12.2. The van der Waals surface area contributed by atoms with Crippen LogP contribution >= 0.6 is 15.9 Å². The number of furan rings is 1. The maximum atomic E-state index is 12.2. The molecule has 1 amide bonds. The molecule has 5 nitrogen and oxygen atoms in total. The van der Waals surface area contributed by atoms with Crippen molar-refractivity contribution in [3.8, 4) is 0 Å². The molecule has 3 N–H and O–H groups in total. The number of hydrogen-bond acceptors (Lipinski definition) is 4. The number of fused-ring (bicyclic) bond motifs is 1. The first-order chi connectivity index (χ1) is 10.0. The van der Waals surface area contributed by atoms with Crippen molar-refractivity contribution in [2.75, 3.05) is 26.2 Å². The lowest BCUT2D eigenvalue weighted by Gasteiger charge is -2.39. The standard InChI is InChI=1S/C15H18BrN3O2/c1-15(14(17)20,19-6-4-18-5-7-19)13-9-10-8-11(16)2-3-12(10)21-13/h2-3,8-9,18H,4-7H2,1H3,(H2,17,20). The second kappa shape index (κ2) is 5.44. The number of primary amides is 1. The summed E-state index contributed by atoms with van der Waals surface area (Å²) in [6.07, 6.45) is 0. The van der Waals surface area contributed by atoms with E-state index in [1.807, 2.05) is 31.2 Å². The summed E-state index contributed by atoms with van der Waals surface area (Å²) in [6, 6.07) is 7.69. The highest BCUT2D eigenvalue weighted by Gasteiger charge is 2.43. The van der Waals surface area contributed by atoms with Crippen molar-refractivity contribution in [2.45, 2.75) is 12.5 Å².